The molecule has 1 saturated heterocycles. The third-order valence-electron chi connectivity index (χ3n) is 4.71. The molecule has 8 nitrogen and oxygen atoms in total. The Morgan fingerprint density at radius 2 is 2.12 bits per heavy atom. The molecule has 2 rings (SSSR count). The van der Waals surface area contributed by atoms with Gasteiger partial charge in [-0.15, -0.1) is 0 Å². The molecule has 1 heterocycles. The topological polar surface area (TPSA) is 93.9 Å². The Hall–Kier alpha value is -2.19. The Morgan fingerprint density at radius 3 is 2.73 bits per heavy atom. The molecular formula is C18H27N3O5. The number of rotatable bonds is 9. The van der Waals surface area contributed by atoms with Crippen LogP contribution in [-0.2, 0) is 16.1 Å². The van der Waals surface area contributed by atoms with Crippen LogP contribution < -0.4 is 10.1 Å². The van der Waals surface area contributed by atoms with Gasteiger partial charge in [-0.3, -0.25) is 15.0 Å². The Balaban J connectivity index is 1.95. The highest BCUT2D eigenvalue weighted by Gasteiger charge is 2.21. The van der Waals surface area contributed by atoms with Crippen molar-refractivity contribution in [3.05, 3.63) is 33.9 Å². The van der Waals surface area contributed by atoms with E-state index in [1.165, 1.54) is 19.6 Å². The molecule has 1 aliphatic heterocycles. The number of nitro groups is 1. The number of methoxy groups -OCH3 is 1. The number of hydrogen-bond acceptors (Lipinski definition) is 7. The van der Waals surface area contributed by atoms with Crippen molar-refractivity contribution in [1.29, 1.82) is 0 Å². The van der Waals surface area contributed by atoms with Crippen LogP contribution in [-0.4, -0.2) is 56.2 Å². The van der Waals surface area contributed by atoms with Gasteiger partial charge >= 0.3 is 11.7 Å². The second kappa shape index (κ2) is 10.1. The molecule has 1 N–H and O–H groups in total. The third kappa shape index (κ3) is 5.96. The number of nitrogens with one attached hydrogen (secondary N) is 1. The number of carbonyl (C=O) groups is 1. The highest BCUT2D eigenvalue weighted by molar-refractivity contribution is 5.71. The van der Waals surface area contributed by atoms with Crippen molar-refractivity contribution >= 4 is 11.7 Å². The molecule has 0 saturated carbocycles. The zero-order valence-electron chi connectivity index (χ0n) is 15.4. The van der Waals surface area contributed by atoms with Gasteiger partial charge in [0, 0.05) is 12.6 Å². The number of benzene rings is 1. The lowest BCUT2D eigenvalue weighted by atomic mass is 9.93. The Morgan fingerprint density at radius 1 is 1.38 bits per heavy atom. The van der Waals surface area contributed by atoms with Crippen LogP contribution in [0.4, 0.5) is 5.69 Å². The number of piperidine rings is 1. The van der Waals surface area contributed by atoms with Crippen molar-refractivity contribution < 1.29 is 19.2 Å². The van der Waals surface area contributed by atoms with E-state index in [2.05, 4.69) is 15.0 Å². The van der Waals surface area contributed by atoms with Crippen LogP contribution in [0, 0.1) is 16.0 Å². The molecule has 0 atom stereocenters. The van der Waals surface area contributed by atoms with E-state index in [9.17, 15) is 14.9 Å². The molecule has 26 heavy (non-hydrogen) atoms. The second-order valence-corrected chi connectivity index (χ2v) is 6.54. The number of hydrogen-bond donors (Lipinski definition) is 1. The van der Waals surface area contributed by atoms with E-state index in [4.69, 9.17) is 4.74 Å². The van der Waals surface area contributed by atoms with Crippen LogP contribution in [0.1, 0.15) is 24.8 Å². The molecule has 0 bridgehead atoms. The van der Waals surface area contributed by atoms with Crippen molar-refractivity contribution in [1.82, 2.24) is 10.2 Å². The first-order chi connectivity index (χ1) is 12.5. The van der Waals surface area contributed by atoms with Crippen molar-refractivity contribution in [2.24, 2.45) is 5.92 Å². The number of nitro benzene ring substituents is 1. The van der Waals surface area contributed by atoms with Gasteiger partial charge in [-0.05, 0) is 63.5 Å². The molecule has 0 aliphatic carbocycles. The van der Waals surface area contributed by atoms with Gasteiger partial charge in [-0.2, -0.15) is 0 Å². The summed E-state index contributed by atoms with van der Waals surface area (Å²) < 4.78 is 9.70. The van der Waals surface area contributed by atoms with E-state index in [0.29, 0.717) is 6.54 Å². The second-order valence-electron chi connectivity index (χ2n) is 6.54. The molecule has 144 valence electrons. The van der Waals surface area contributed by atoms with Gasteiger partial charge in [0.05, 0.1) is 12.0 Å². The molecule has 0 unspecified atom stereocenters. The normalized spacial score (nSPS) is 15.6. The maximum atomic E-state index is 11.3. The summed E-state index contributed by atoms with van der Waals surface area (Å²) in [6, 6.07) is 4.89. The molecule has 0 spiro atoms. The van der Waals surface area contributed by atoms with Crippen LogP contribution in [0.3, 0.4) is 0 Å². The summed E-state index contributed by atoms with van der Waals surface area (Å²) in [5, 5.41) is 14.5. The molecule has 1 fully saturated rings. The van der Waals surface area contributed by atoms with Crippen molar-refractivity contribution in [3.63, 3.8) is 0 Å². The molecule has 1 aromatic rings. The van der Waals surface area contributed by atoms with Crippen LogP contribution in [0.15, 0.2) is 18.2 Å². The largest absolute Gasteiger partial charge is 0.475 e. The highest BCUT2D eigenvalue weighted by Crippen LogP contribution is 2.29. The summed E-state index contributed by atoms with van der Waals surface area (Å²) in [5.74, 6) is 0.251. The van der Waals surface area contributed by atoms with Gasteiger partial charge in [0.1, 0.15) is 0 Å². The quantitative estimate of drug-likeness (QED) is 0.406. The van der Waals surface area contributed by atoms with Gasteiger partial charge < -0.3 is 14.8 Å². The van der Waals surface area contributed by atoms with Crippen LogP contribution >= 0.6 is 0 Å². The van der Waals surface area contributed by atoms with Crippen molar-refractivity contribution in [3.8, 4) is 5.75 Å². The summed E-state index contributed by atoms with van der Waals surface area (Å²) in [4.78, 5) is 24.3. The lowest BCUT2D eigenvalue weighted by Crippen LogP contribution is -2.34. The van der Waals surface area contributed by atoms with E-state index in [0.717, 1.165) is 44.0 Å². The summed E-state index contributed by atoms with van der Waals surface area (Å²) >= 11 is 0. The minimum atomic E-state index is -0.579. The monoisotopic (exact) mass is 365 g/mol. The predicted octanol–water partition coefficient (Wildman–Crippen LogP) is 1.97. The van der Waals surface area contributed by atoms with Crippen molar-refractivity contribution in [2.45, 2.75) is 25.8 Å². The summed E-state index contributed by atoms with van der Waals surface area (Å²) in [6.07, 6.45) is 3.51. The third-order valence-corrected chi connectivity index (χ3v) is 4.71. The first kappa shape index (κ1) is 20.1. The van der Waals surface area contributed by atoms with Crippen LogP contribution in [0.25, 0.3) is 0 Å². The van der Waals surface area contributed by atoms with E-state index < -0.39 is 10.9 Å². The maximum absolute atomic E-state index is 11.3. The molecule has 0 radical (unpaired) electrons. The molecule has 1 aromatic carbocycles. The predicted molar refractivity (Wildman–Crippen MR) is 97.2 cm³/mol. The number of nitrogens with zero attached hydrogens (tertiary/aromatic N) is 2. The molecule has 0 amide bonds. The smallest absolute Gasteiger partial charge is 0.343 e. The van der Waals surface area contributed by atoms with Gasteiger partial charge in [0.15, 0.2) is 12.4 Å². The lowest BCUT2D eigenvalue weighted by molar-refractivity contribution is -0.385. The zero-order valence-corrected chi connectivity index (χ0v) is 15.4. The first-order valence-corrected chi connectivity index (χ1v) is 8.87. The molecule has 0 aromatic heterocycles. The standard InChI is InChI=1S/C18H27N3O5/c1-19-8-5-14-6-9-20(10-7-14)12-15-3-4-17(16(11-15)21(23)24)26-13-18(22)25-2/h3-4,11,14,19H,5-10,12-13H2,1-2H3. The number of likely N-dealkylation sites (tertiary alicyclic amines) is 1. The van der Waals surface area contributed by atoms with Gasteiger partial charge in [0.25, 0.3) is 0 Å². The minimum absolute atomic E-state index is 0.0786. The number of carbonyl (C=O) groups excluding carboxylic acids is 1. The van der Waals surface area contributed by atoms with Gasteiger partial charge in [-0.1, -0.05) is 6.07 Å². The van der Waals surface area contributed by atoms with Crippen LogP contribution in [0.2, 0.25) is 0 Å². The van der Waals surface area contributed by atoms with Crippen molar-refractivity contribution in [2.75, 3.05) is 40.4 Å². The Bertz CT molecular complexity index is 615. The molecular weight excluding hydrogens is 338 g/mol. The van der Waals surface area contributed by atoms with E-state index in [1.807, 2.05) is 13.1 Å². The Labute approximate surface area is 153 Å². The van der Waals surface area contributed by atoms with E-state index in [1.54, 1.807) is 6.07 Å². The number of ether oxygens (including phenoxy) is 2. The van der Waals surface area contributed by atoms with E-state index in [-0.39, 0.29) is 18.0 Å². The van der Waals surface area contributed by atoms with E-state index >= 15 is 0 Å². The van der Waals surface area contributed by atoms with Gasteiger partial charge in [-0.25, -0.2) is 4.79 Å². The highest BCUT2D eigenvalue weighted by atomic mass is 16.6. The summed E-state index contributed by atoms with van der Waals surface area (Å²) in [6.45, 7) is 3.38. The average Bonchev–Trinajstić information content (AvgIpc) is 2.66. The zero-order chi connectivity index (χ0) is 18.9. The summed E-state index contributed by atoms with van der Waals surface area (Å²) in [5.41, 5.74) is 0.742. The lowest BCUT2D eigenvalue weighted by Gasteiger charge is -2.32. The maximum Gasteiger partial charge on any atom is 0.343 e. The fourth-order valence-corrected chi connectivity index (χ4v) is 3.16. The van der Waals surface area contributed by atoms with Gasteiger partial charge in [0.2, 0.25) is 0 Å². The fraction of sp³-hybridized carbons (Fsp3) is 0.611. The summed E-state index contributed by atoms with van der Waals surface area (Å²) in [7, 11) is 3.21. The van der Waals surface area contributed by atoms with Crippen LogP contribution in [0.5, 0.6) is 5.75 Å². The number of esters is 1. The molecule has 1 aliphatic rings. The minimum Gasteiger partial charge on any atom is -0.475 e. The molecule has 8 heteroatoms. The first-order valence-electron chi connectivity index (χ1n) is 8.87. The Kier molecular flexibility index (Phi) is 7.80. The fourth-order valence-electron chi connectivity index (χ4n) is 3.16. The average molecular weight is 365 g/mol. The SMILES string of the molecule is CNCCC1CCN(Cc2ccc(OCC(=O)OC)c([N+](=O)[O-])c2)CC1.